The van der Waals surface area contributed by atoms with Gasteiger partial charge >= 0.3 is 0 Å². The summed E-state index contributed by atoms with van der Waals surface area (Å²) in [6, 6.07) is 14.0. The molecule has 0 atom stereocenters. The summed E-state index contributed by atoms with van der Waals surface area (Å²) in [7, 11) is 7.30. The predicted molar refractivity (Wildman–Crippen MR) is 121 cm³/mol. The van der Waals surface area contributed by atoms with Gasteiger partial charge < -0.3 is 23.9 Å². The Morgan fingerprint density at radius 3 is 2.52 bits per heavy atom. The molecule has 0 aliphatic rings. The highest BCUT2D eigenvalue weighted by molar-refractivity contribution is 5.77. The molecule has 4 rings (SSSR count). The number of benzene rings is 2. The van der Waals surface area contributed by atoms with Crippen molar-refractivity contribution in [3.05, 3.63) is 59.8 Å². The minimum absolute atomic E-state index is 0.155. The highest BCUT2D eigenvalue weighted by Crippen LogP contribution is 2.32. The normalized spacial score (nSPS) is 11.0. The van der Waals surface area contributed by atoms with Gasteiger partial charge in [0.15, 0.2) is 11.1 Å². The van der Waals surface area contributed by atoms with E-state index in [9.17, 15) is 0 Å². The number of methoxy groups -OCH3 is 2. The van der Waals surface area contributed by atoms with Gasteiger partial charge in [-0.2, -0.15) is 0 Å². The van der Waals surface area contributed by atoms with Gasteiger partial charge in [0.25, 0.3) is 0 Å². The second-order valence-electron chi connectivity index (χ2n) is 7.45. The van der Waals surface area contributed by atoms with E-state index in [0.717, 1.165) is 12.0 Å². The number of nitrogens with one attached hydrogen (secondary N) is 2. The molecule has 8 nitrogen and oxygen atoms in total. The molecule has 0 saturated carbocycles. The summed E-state index contributed by atoms with van der Waals surface area (Å²) < 4.78 is 12.8. The van der Waals surface area contributed by atoms with E-state index >= 15 is 0 Å². The van der Waals surface area contributed by atoms with Crippen LogP contribution in [0.3, 0.4) is 0 Å². The molecule has 0 amide bonds. The Hall–Kier alpha value is -3.81. The molecule has 8 heteroatoms. The van der Waals surface area contributed by atoms with Crippen LogP contribution in [0.15, 0.2) is 48.8 Å². The summed E-state index contributed by atoms with van der Waals surface area (Å²) >= 11 is 0. The molecule has 0 saturated heterocycles. The number of nitrogens with zero attached hydrogens (tertiary/aromatic N) is 4. The standard InChI is InChI=1S/C23H26N6O2/c1-28(2)16-7-5-15(6-8-16)11-12-29-14-25-21(24)20-23(29)27-22(26-20)18-13-17(30-3)9-10-19(18)31-4/h5-10,13-14,24H,11-12H2,1-4H3,(H,26,27). The fourth-order valence-electron chi connectivity index (χ4n) is 3.48. The quantitative estimate of drug-likeness (QED) is 0.481. The predicted octanol–water partition coefficient (Wildman–Crippen LogP) is 3.23. The molecule has 2 aromatic carbocycles. The Labute approximate surface area is 180 Å². The van der Waals surface area contributed by atoms with Gasteiger partial charge in [0.05, 0.1) is 26.1 Å². The smallest absolute Gasteiger partial charge is 0.173 e. The monoisotopic (exact) mass is 418 g/mol. The van der Waals surface area contributed by atoms with Crippen LogP contribution in [-0.4, -0.2) is 47.8 Å². The van der Waals surface area contributed by atoms with Crippen LogP contribution in [0.25, 0.3) is 22.6 Å². The summed E-state index contributed by atoms with van der Waals surface area (Å²) in [6.45, 7) is 0.699. The van der Waals surface area contributed by atoms with Crippen molar-refractivity contribution in [3.8, 4) is 22.9 Å². The molecular formula is C23H26N6O2. The van der Waals surface area contributed by atoms with Crippen LogP contribution in [0, 0.1) is 5.41 Å². The van der Waals surface area contributed by atoms with Gasteiger partial charge in [0.1, 0.15) is 22.8 Å². The molecule has 0 fully saturated rings. The van der Waals surface area contributed by atoms with E-state index in [2.05, 4.69) is 39.1 Å². The van der Waals surface area contributed by atoms with Gasteiger partial charge in [-0.3, -0.25) is 5.41 Å². The number of ether oxygens (including phenoxy) is 2. The zero-order valence-electron chi connectivity index (χ0n) is 18.1. The average molecular weight is 419 g/mol. The number of aromatic nitrogens is 4. The van der Waals surface area contributed by atoms with Crippen LogP contribution in [0.5, 0.6) is 11.5 Å². The molecule has 0 unspecified atom stereocenters. The number of anilines is 1. The second kappa shape index (κ2) is 8.51. The average Bonchev–Trinajstić information content (AvgIpc) is 3.25. The van der Waals surface area contributed by atoms with E-state index in [1.165, 1.54) is 11.3 Å². The molecule has 4 aromatic rings. The summed E-state index contributed by atoms with van der Waals surface area (Å²) in [4.78, 5) is 14.3. The number of H-pyrrole nitrogens is 1. The first-order valence-electron chi connectivity index (χ1n) is 9.98. The van der Waals surface area contributed by atoms with Crippen molar-refractivity contribution >= 4 is 16.9 Å². The Morgan fingerprint density at radius 1 is 1.06 bits per heavy atom. The number of rotatable bonds is 7. The molecule has 31 heavy (non-hydrogen) atoms. The van der Waals surface area contributed by atoms with Crippen molar-refractivity contribution in [1.82, 2.24) is 19.5 Å². The van der Waals surface area contributed by atoms with E-state index in [0.29, 0.717) is 35.0 Å². The first kappa shape index (κ1) is 20.5. The van der Waals surface area contributed by atoms with Gasteiger partial charge in [-0.05, 0) is 42.3 Å². The summed E-state index contributed by atoms with van der Waals surface area (Å²) in [5, 5.41) is 8.22. The molecule has 160 valence electrons. The molecule has 0 spiro atoms. The molecule has 0 radical (unpaired) electrons. The van der Waals surface area contributed by atoms with Crippen LogP contribution in [0.4, 0.5) is 5.69 Å². The Bertz CT molecular complexity index is 1260. The SMILES string of the molecule is COc1ccc(OC)c(-c2nc3c([nH]2)c(=N)ncn3CCc2ccc(N(C)C)cc2)c1. The lowest BCUT2D eigenvalue weighted by molar-refractivity contribution is 0.404. The zero-order valence-corrected chi connectivity index (χ0v) is 18.1. The van der Waals surface area contributed by atoms with Crippen molar-refractivity contribution in [2.75, 3.05) is 33.2 Å². The van der Waals surface area contributed by atoms with Gasteiger partial charge in [-0.15, -0.1) is 0 Å². The van der Waals surface area contributed by atoms with Gasteiger partial charge in [-0.25, -0.2) is 9.97 Å². The molecule has 0 aliphatic heterocycles. The van der Waals surface area contributed by atoms with Gasteiger partial charge in [0.2, 0.25) is 0 Å². The van der Waals surface area contributed by atoms with Gasteiger partial charge in [0, 0.05) is 26.3 Å². The summed E-state index contributed by atoms with van der Waals surface area (Å²) in [5.74, 6) is 1.98. The van der Waals surface area contributed by atoms with Crippen molar-refractivity contribution in [2.24, 2.45) is 0 Å². The number of imidazole rings is 1. The molecule has 2 heterocycles. The first-order valence-corrected chi connectivity index (χ1v) is 9.98. The summed E-state index contributed by atoms with van der Waals surface area (Å²) in [5.41, 5.74) is 4.59. The van der Waals surface area contributed by atoms with E-state index in [1.807, 2.05) is 36.9 Å². The fourth-order valence-corrected chi connectivity index (χ4v) is 3.48. The first-order chi connectivity index (χ1) is 15.0. The maximum absolute atomic E-state index is 8.22. The third kappa shape index (κ3) is 4.09. The highest BCUT2D eigenvalue weighted by atomic mass is 16.5. The number of aromatic amines is 1. The van der Waals surface area contributed by atoms with Crippen molar-refractivity contribution < 1.29 is 9.47 Å². The number of aryl methyl sites for hydroxylation is 2. The molecule has 0 aliphatic carbocycles. The van der Waals surface area contributed by atoms with E-state index in [1.54, 1.807) is 20.5 Å². The number of fused-ring (bicyclic) bond motifs is 1. The zero-order chi connectivity index (χ0) is 22.0. The van der Waals surface area contributed by atoms with Crippen LogP contribution < -0.4 is 19.9 Å². The highest BCUT2D eigenvalue weighted by Gasteiger charge is 2.15. The second-order valence-corrected chi connectivity index (χ2v) is 7.45. The Balaban J connectivity index is 1.68. The maximum atomic E-state index is 8.22. The van der Waals surface area contributed by atoms with Crippen LogP contribution in [0.1, 0.15) is 5.56 Å². The van der Waals surface area contributed by atoms with E-state index in [4.69, 9.17) is 19.9 Å². The largest absolute Gasteiger partial charge is 0.497 e. The van der Waals surface area contributed by atoms with E-state index in [-0.39, 0.29) is 5.49 Å². The number of hydrogen-bond donors (Lipinski definition) is 2. The van der Waals surface area contributed by atoms with Crippen molar-refractivity contribution in [2.45, 2.75) is 13.0 Å². The lowest BCUT2D eigenvalue weighted by Crippen LogP contribution is -2.13. The minimum Gasteiger partial charge on any atom is -0.497 e. The third-order valence-corrected chi connectivity index (χ3v) is 5.28. The third-order valence-electron chi connectivity index (χ3n) is 5.28. The van der Waals surface area contributed by atoms with Crippen LogP contribution in [0.2, 0.25) is 0 Å². The molecule has 2 aromatic heterocycles. The van der Waals surface area contributed by atoms with Crippen molar-refractivity contribution in [1.29, 1.82) is 5.41 Å². The molecule has 0 bridgehead atoms. The topological polar surface area (TPSA) is 92.0 Å². The maximum Gasteiger partial charge on any atom is 0.173 e. The molecule has 2 N–H and O–H groups in total. The lowest BCUT2D eigenvalue weighted by atomic mass is 10.1. The van der Waals surface area contributed by atoms with Crippen molar-refractivity contribution in [3.63, 3.8) is 0 Å². The lowest BCUT2D eigenvalue weighted by Gasteiger charge is -2.13. The molecular weight excluding hydrogens is 392 g/mol. The fraction of sp³-hybridized carbons (Fsp3) is 0.261. The van der Waals surface area contributed by atoms with E-state index < -0.39 is 0 Å². The van der Waals surface area contributed by atoms with Crippen LogP contribution >= 0.6 is 0 Å². The van der Waals surface area contributed by atoms with Crippen LogP contribution in [-0.2, 0) is 13.0 Å². The Kier molecular flexibility index (Phi) is 5.62. The Morgan fingerprint density at radius 2 is 1.84 bits per heavy atom. The van der Waals surface area contributed by atoms with Gasteiger partial charge in [-0.1, -0.05) is 12.1 Å². The summed E-state index contributed by atoms with van der Waals surface area (Å²) in [6.07, 6.45) is 2.50. The minimum atomic E-state index is 0.155. The number of hydrogen-bond acceptors (Lipinski definition) is 6.